The molecule has 4 atom stereocenters. The SMILES string of the molecule is CC1C(=O)N(OC(=O)ON2C(=O)C(C)C(S(O)(O)O)C2=O)C(=O)C1O. The molecule has 4 amide bonds. The molecule has 2 fully saturated rings. The average molecular weight is 382 g/mol. The Hall–Kier alpha value is -2.26. The average Bonchev–Trinajstić information content (AvgIpc) is 2.82. The van der Waals surface area contributed by atoms with E-state index in [0.29, 0.717) is 0 Å². The summed E-state index contributed by atoms with van der Waals surface area (Å²) in [5.74, 6) is -7.51. The molecule has 140 valence electrons. The standard InChI is InChI=1S/C11H14N2O11S/c1-3-5(14)9(17)12(7(3)15)23-11(19)24-13-8(16)4(2)6(10(13)18)25(20,21)22/h3-6,14,20-22H,1-2H3. The Kier molecular flexibility index (Phi) is 4.75. The van der Waals surface area contributed by atoms with Crippen LogP contribution >= 0.6 is 10.9 Å². The molecule has 13 nitrogen and oxygen atoms in total. The number of amides is 4. The molecule has 2 rings (SSSR count). The van der Waals surface area contributed by atoms with Crippen molar-refractivity contribution in [3.8, 4) is 0 Å². The van der Waals surface area contributed by atoms with Gasteiger partial charge in [-0.2, -0.15) is 4.79 Å². The molecule has 14 heteroatoms. The van der Waals surface area contributed by atoms with Gasteiger partial charge in [-0.15, -0.1) is 0 Å². The number of carbonyl (C=O) groups is 5. The first-order chi connectivity index (χ1) is 11.4. The summed E-state index contributed by atoms with van der Waals surface area (Å²) in [4.78, 5) is 67.1. The highest BCUT2D eigenvalue weighted by atomic mass is 32.3. The number of nitrogens with zero attached hydrogens (tertiary/aromatic N) is 2. The number of aliphatic hydroxyl groups excluding tert-OH is 1. The topological polar surface area (TPSA) is 191 Å². The molecule has 0 saturated carbocycles. The number of rotatable bonds is 3. The predicted octanol–water partition coefficient (Wildman–Crippen LogP) is -1.07. The second kappa shape index (κ2) is 6.23. The van der Waals surface area contributed by atoms with Crippen molar-refractivity contribution in [1.29, 1.82) is 0 Å². The van der Waals surface area contributed by atoms with E-state index in [-0.39, 0.29) is 10.1 Å². The summed E-state index contributed by atoms with van der Waals surface area (Å²) in [6.07, 6.45) is -3.57. The Morgan fingerprint density at radius 3 is 1.68 bits per heavy atom. The maximum absolute atomic E-state index is 11.9. The van der Waals surface area contributed by atoms with Gasteiger partial charge in [0.25, 0.3) is 23.6 Å². The molecule has 2 aliphatic heterocycles. The Morgan fingerprint density at radius 1 is 0.880 bits per heavy atom. The molecule has 4 unspecified atom stereocenters. The van der Waals surface area contributed by atoms with Crippen molar-refractivity contribution >= 4 is 40.7 Å². The minimum absolute atomic E-state index is 0.0801. The van der Waals surface area contributed by atoms with Gasteiger partial charge in [-0.05, 0) is 0 Å². The molecule has 0 aliphatic carbocycles. The van der Waals surface area contributed by atoms with Crippen LogP contribution in [0, 0.1) is 11.8 Å². The van der Waals surface area contributed by atoms with Crippen LogP contribution in [0.15, 0.2) is 0 Å². The molecule has 0 aromatic carbocycles. The van der Waals surface area contributed by atoms with Crippen LogP contribution in [0.4, 0.5) is 4.79 Å². The summed E-state index contributed by atoms with van der Waals surface area (Å²) < 4.78 is 27.5. The van der Waals surface area contributed by atoms with E-state index in [1.165, 1.54) is 6.92 Å². The van der Waals surface area contributed by atoms with E-state index in [1.807, 2.05) is 0 Å². The van der Waals surface area contributed by atoms with Crippen molar-refractivity contribution < 1.29 is 52.4 Å². The molecule has 25 heavy (non-hydrogen) atoms. The fourth-order valence-electron chi connectivity index (χ4n) is 2.27. The second-order valence-corrected chi connectivity index (χ2v) is 7.01. The molecule has 2 saturated heterocycles. The van der Waals surface area contributed by atoms with Crippen molar-refractivity contribution in [3.05, 3.63) is 0 Å². The summed E-state index contributed by atoms with van der Waals surface area (Å²) in [5.41, 5.74) is 0. The zero-order valence-electron chi connectivity index (χ0n) is 12.8. The number of hydroxylamine groups is 4. The summed E-state index contributed by atoms with van der Waals surface area (Å²) >= 11 is 0. The van der Waals surface area contributed by atoms with Crippen LogP contribution < -0.4 is 0 Å². The highest BCUT2D eigenvalue weighted by Crippen LogP contribution is 2.47. The van der Waals surface area contributed by atoms with Crippen LogP contribution in [0.5, 0.6) is 0 Å². The molecule has 0 aromatic rings. The number of imide groups is 2. The predicted molar refractivity (Wildman–Crippen MR) is 74.9 cm³/mol. The van der Waals surface area contributed by atoms with Crippen molar-refractivity contribution in [3.63, 3.8) is 0 Å². The number of carbonyl (C=O) groups excluding carboxylic acids is 5. The van der Waals surface area contributed by atoms with Crippen molar-refractivity contribution in [2.75, 3.05) is 0 Å². The van der Waals surface area contributed by atoms with Crippen LogP contribution in [0.2, 0.25) is 0 Å². The van der Waals surface area contributed by atoms with Gasteiger partial charge in [0.2, 0.25) is 0 Å². The lowest BCUT2D eigenvalue weighted by atomic mass is 10.1. The maximum atomic E-state index is 11.9. The van der Waals surface area contributed by atoms with Crippen LogP contribution in [0.1, 0.15) is 13.8 Å². The quantitative estimate of drug-likeness (QED) is 0.435. The molecule has 0 radical (unpaired) electrons. The van der Waals surface area contributed by atoms with Gasteiger partial charge in [-0.25, -0.2) is 0 Å². The summed E-state index contributed by atoms with van der Waals surface area (Å²) in [6.45, 7) is 2.28. The van der Waals surface area contributed by atoms with Crippen LogP contribution in [0.25, 0.3) is 0 Å². The Morgan fingerprint density at radius 2 is 1.32 bits per heavy atom. The van der Waals surface area contributed by atoms with Gasteiger partial charge < -0.3 is 18.8 Å². The summed E-state index contributed by atoms with van der Waals surface area (Å²) in [7, 11) is -4.45. The first-order valence-corrected chi connectivity index (χ1v) is 8.27. The largest absolute Gasteiger partial charge is 0.560 e. The van der Waals surface area contributed by atoms with E-state index >= 15 is 0 Å². The third-order valence-electron chi connectivity index (χ3n) is 3.68. The van der Waals surface area contributed by atoms with Gasteiger partial charge in [-0.3, -0.25) is 28.9 Å². The number of hydrogen-bond donors (Lipinski definition) is 4. The van der Waals surface area contributed by atoms with E-state index < -0.39 is 63.8 Å². The normalized spacial score (nSPS) is 31.0. The fraction of sp³-hybridized carbons (Fsp3) is 0.545. The molecule has 2 heterocycles. The van der Waals surface area contributed by atoms with E-state index in [1.54, 1.807) is 0 Å². The van der Waals surface area contributed by atoms with Crippen LogP contribution in [-0.4, -0.2) is 70.0 Å². The maximum Gasteiger partial charge on any atom is 0.560 e. The molecular weight excluding hydrogens is 368 g/mol. The van der Waals surface area contributed by atoms with E-state index in [0.717, 1.165) is 6.92 Å². The Labute approximate surface area is 141 Å². The van der Waals surface area contributed by atoms with E-state index in [2.05, 4.69) is 9.68 Å². The molecule has 0 aromatic heterocycles. The molecule has 0 bridgehead atoms. The van der Waals surface area contributed by atoms with Crippen LogP contribution in [0.3, 0.4) is 0 Å². The molecule has 0 spiro atoms. The van der Waals surface area contributed by atoms with E-state index in [4.69, 9.17) is 0 Å². The van der Waals surface area contributed by atoms with Crippen molar-refractivity contribution in [2.24, 2.45) is 11.8 Å². The molecule has 4 N–H and O–H groups in total. The molecular formula is C11H14N2O11S. The van der Waals surface area contributed by atoms with Gasteiger partial charge in [0.05, 0.1) is 22.7 Å². The van der Waals surface area contributed by atoms with E-state index in [9.17, 15) is 42.7 Å². The first-order valence-electron chi connectivity index (χ1n) is 6.71. The lowest BCUT2D eigenvalue weighted by Gasteiger charge is -2.26. The smallest absolute Gasteiger partial charge is 0.382 e. The summed E-state index contributed by atoms with van der Waals surface area (Å²) in [5, 5.41) is 7.20. The van der Waals surface area contributed by atoms with Crippen molar-refractivity contribution in [1.82, 2.24) is 10.1 Å². The monoisotopic (exact) mass is 382 g/mol. The third kappa shape index (κ3) is 3.16. The minimum Gasteiger partial charge on any atom is -0.382 e. The zero-order chi connectivity index (χ0) is 19.3. The lowest BCUT2D eigenvalue weighted by Crippen LogP contribution is -2.40. The minimum atomic E-state index is -4.45. The number of hydrogen-bond acceptors (Lipinski definition) is 11. The Balaban J connectivity index is 2.09. The van der Waals surface area contributed by atoms with Gasteiger partial charge in [0.15, 0.2) is 5.25 Å². The van der Waals surface area contributed by atoms with Crippen LogP contribution in [-0.2, 0) is 28.9 Å². The zero-order valence-corrected chi connectivity index (χ0v) is 13.6. The number of aliphatic hydroxyl groups is 1. The summed E-state index contributed by atoms with van der Waals surface area (Å²) in [6, 6.07) is 0. The fourth-order valence-corrected chi connectivity index (χ4v) is 3.30. The highest BCUT2D eigenvalue weighted by Gasteiger charge is 2.55. The highest BCUT2D eigenvalue weighted by molar-refractivity contribution is 8.20. The Bertz CT molecular complexity index is 639. The lowest BCUT2D eigenvalue weighted by molar-refractivity contribution is -0.200. The first kappa shape index (κ1) is 19.1. The van der Waals surface area contributed by atoms with Gasteiger partial charge in [-0.1, -0.05) is 24.0 Å². The van der Waals surface area contributed by atoms with Gasteiger partial charge in [0.1, 0.15) is 6.10 Å². The third-order valence-corrected chi connectivity index (χ3v) is 4.97. The van der Waals surface area contributed by atoms with Gasteiger partial charge >= 0.3 is 6.16 Å². The molecule has 2 aliphatic rings. The van der Waals surface area contributed by atoms with Gasteiger partial charge in [0, 0.05) is 0 Å². The van der Waals surface area contributed by atoms with Crippen molar-refractivity contribution in [2.45, 2.75) is 25.2 Å². The second-order valence-electron chi connectivity index (χ2n) is 5.38.